The summed E-state index contributed by atoms with van der Waals surface area (Å²) in [6.45, 7) is 0. The fourth-order valence-corrected chi connectivity index (χ4v) is 9.07. The number of fused-ring (bicyclic) bond motifs is 7. The minimum atomic E-state index is 0.556. The van der Waals surface area contributed by atoms with E-state index in [9.17, 15) is 0 Å². The largest absolute Gasteiger partial charge is 0.307 e. The molecule has 3 aromatic heterocycles. The van der Waals surface area contributed by atoms with Crippen molar-refractivity contribution in [3.63, 3.8) is 0 Å². The lowest BCUT2D eigenvalue weighted by Gasteiger charge is -2.14. The van der Waals surface area contributed by atoms with Crippen molar-refractivity contribution in [3.8, 4) is 67.8 Å². The molecule has 0 aliphatic rings. The molecule has 9 aromatic carbocycles. The topological polar surface area (TPSA) is 48.5 Å². The lowest BCUT2D eigenvalue weighted by molar-refractivity contribution is 0.953. The Morgan fingerprint density at radius 2 is 0.677 bits per heavy atom. The third-order valence-corrected chi connectivity index (χ3v) is 12.0. The highest BCUT2D eigenvalue weighted by atomic mass is 15.2. The minimum absolute atomic E-state index is 0.556. The maximum atomic E-state index is 5.41. The summed E-state index contributed by atoms with van der Waals surface area (Å²) < 4.78 is 4.68. The van der Waals surface area contributed by atoms with E-state index in [1.54, 1.807) is 0 Å². The van der Waals surface area contributed by atoms with Gasteiger partial charge in [-0.2, -0.15) is 9.97 Å². The number of aromatic nitrogens is 5. The van der Waals surface area contributed by atoms with E-state index in [0.29, 0.717) is 17.6 Å². The lowest BCUT2D eigenvalue weighted by Crippen LogP contribution is -2.07. The first-order valence-corrected chi connectivity index (χ1v) is 20.9. The van der Waals surface area contributed by atoms with Crippen molar-refractivity contribution in [1.29, 1.82) is 0 Å². The molecule has 12 rings (SSSR count). The van der Waals surface area contributed by atoms with Gasteiger partial charge in [-0.25, -0.2) is 4.98 Å². The zero-order chi connectivity index (χ0) is 41.0. The molecular weight excluding hydrogens is 755 g/mol. The SMILES string of the molecule is c1ccc(-c2ccc(-c3cccc(-c4nc(-c5ccccc5)nc(-n5c6ccccc6c6ccc7c8ccccc8n(-c8cccc(-c9ccccc9)c8)c7c65)n4)c3)cc2)cc1. The van der Waals surface area contributed by atoms with Gasteiger partial charge in [-0.1, -0.05) is 194 Å². The smallest absolute Gasteiger partial charge is 0.238 e. The highest BCUT2D eigenvalue weighted by Gasteiger charge is 2.23. The number of hydrogen-bond acceptors (Lipinski definition) is 3. The molecule has 0 amide bonds. The summed E-state index contributed by atoms with van der Waals surface area (Å²) in [4.78, 5) is 15.9. The van der Waals surface area contributed by atoms with Gasteiger partial charge in [0.1, 0.15) is 0 Å². The molecule has 0 aliphatic heterocycles. The molecule has 0 bridgehead atoms. The molecule has 5 heteroatoms. The fraction of sp³-hybridized carbons (Fsp3) is 0. The molecule has 0 saturated heterocycles. The van der Waals surface area contributed by atoms with Crippen molar-refractivity contribution in [2.75, 3.05) is 0 Å². The minimum Gasteiger partial charge on any atom is -0.307 e. The van der Waals surface area contributed by atoms with Gasteiger partial charge in [0, 0.05) is 38.4 Å². The molecule has 0 atom stereocenters. The van der Waals surface area contributed by atoms with Crippen LogP contribution in [0.15, 0.2) is 224 Å². The van der Waals surface area contributed by atoms with Crippen LogP contribution in [0.2, 0.25) is 0 Å². The molecule has 0 N–H and O–H groups in total. The number of hydrogen-bond donors (Lipinski definition) is 0. The zero-order valence-corrected chi connectivity index (χ0v) is 33.6. The number of rotatable bonds is 7. The first kappa shape index (κ1) is 35.5. The van der Waals surface area contributed by atoms with E-state index in [1.807, 2.05) is 24.3 Å². The molecule has 290 valence electrons. The Morgan fingerprint density at radius 1 is 0.258 bits per heavy atom. The van der Waals surface area contributed by atoms with Gasteiger partial charge in [-0.3, -0.25) is 4.57 Å². The zero-order valence-electron chi connectivity index (χ0n) is 33.6. The molecule has 12 aromatic rings. The second-order valence-corrected chi connectivity index (χ2v) is 15.7. The highest BCUT2D eigenvalue weighted by Crippen LogP contribution is 2.42. The molecule has 3 heterocycles. The van der Waals surface area contributed by atoms with E-state index in [1.165, 1.54) is 22.1 Å². The molecule has 0 radical (unpaired) electrons. The third-order valence-electron chi connectivity index (χ3n) is 12.0. The summed E-state index contributed by atoms with van der Waals surface area (Å²) in [6.07, 6.45) is 0. The fourth-order valence-electron chi connectivity index (χ4n) is 9.07. The molecule has 0 aliphatic carbocycles. The van der Waals surface area contributed by atoms with Crippen LogP contribution in [0.4, 0.5) is 0 Å². The summed E-state index contributed by atoms with van der Waals surface area (Å²) in [5, 5.41) is 4.59. The van der Waals surface area contributed by atoms with E-state index < -0.39 is 0 Å². The molecular formula is C57H37N5. The third kappa shape index (κ3) is 5.98. The number of nitrogens with zero attached hydrogens (tertiary/aromatic N) is 5. The highest BCUT2D eigenvalue weighted by molar-refractivity contribution is 6.23. The van der Waals surface area contributed by atoms with Crippen molar-refractivity contribution in [1.82, 2.24) is 24.1 Å². The van der Waals surface area contributed by atoms with E-state index in [4.69, 9.17) is 15.0 Å². The van der Waals surface area contributed by atoms with Crippen LogP contribution < -0.4 is 0 Å². The Kier molecular flexibility index (Phi) is 8.42. The monoisotopic (exact) mass is 791 g/mol. The predicted molar refractivity (Wildman–Crippen MR) is 256 cm³/mol. The Bertz CT molecular complexity index is 3610. The lowest BCUT2D eigenvalue weighted by atomic mass is 9.99. The maximum absolute atomic E-state index is 5.41. The van der Waals surface area contributed by atoms with E-state index >= 15 is 0 Å². The molecule has 0 spiro atoms. The molecule has 62 heavy (non-hydrogen) atoms. The molecule has 0 saturated carbocycles. The predicted octanol–water partition coefficient (Wildman–Crippen LogP) is 14.4. The standard InChI is InChI=1S/C57H37N5/c1-4-16-38(17-5-1)40-30-32-41(33-31-40)43-22-14-24-45(36-43)56-58-55(42-20-8-3-9-21-42)59-57(60-56)62-52-29-13-11-27-48(52)50-35-34-49-47-26-10-12-28-51(47)61(53(49)54(50)62)46-25-15-23-44(37-46)39-18-6-2-7-19-39/h1-37H. The average molecular weight is 792 g/mol. The Balaban J connectivity index is 1.11. The Morgan fingerprint density at radius 3 is 1.31 bits per heavy atom. The van der Waals surface area contributed by atoms with Crippen LogP contribution in [0.5, 0.6) is 0 Å². The first-order chi connectivity index (χ1) is 30.7. The Labute approximate surface area is 358 Å². The van der Waals surface area contributed by atoms with Gasteiger partial charge in [0.15, 0.2) is 11.6 Å². The van der Waals surface area contributed by atoms with Crippen LogP contribution in [-0.2, 0) is 0 Å². The molecule has 0 fully saturated rings. The van der Waals surface area contributed by atoms with Crippen molar-refractivity contribution < 1.29 is 0 Å². The summed E-state index contributed by atoms with van der Waals surface area (Å²) in [5.41, 5.74) is 14.1. The average Bonchev–Trinajstić information content (AvgIpc) is 3.88. The van der Waals surface area contributed by atoms with Crippen molar-refractivity contribution >= 4 is 43.6 Å². The van der Waals surface area contributed by atoms with Gasteiger partial charge in [0.25, 0.3) is 0 Å². The second kappa shape index (κ2) is 14.7. The van der Waals surface area contributed by atoms with Crippen molar-refractivity contribution in [3.05, 3.63) is 224 Å². The van der Waals surface area contributed by atoms with Crippen LogP contribution in [0.1, 0.15) is 0 Å². The van der Waals surface area contributed by atoms with E-state index in [0.717, 1.165) is 71.7 Å². The normalized spacial score (nSPS) is 11.5. The van der Waals surface area contributed by atoms with Crippen LogP contribution in [0.3, 0.4) is 0 Å². The van der Waals surface area contributed by atoms with Gasteiger partial charge in [-0.15, -0.1) is 0 Å². The van der Waals surface area contributed by atoms with Gasteiger partial charge < -0.3 is 4.57 Å². The van der Waals surface area contributed by atoms with Crippen molar-refractivity contribution in [2.45, 2.75) is 0 Å². The van der Waals surface area contributed by atoms with Gasteiger partial charge in [-0.05, 0) is 63.7 Å². The van der Waals surface area contributed by atoms with E-state index in [2.05, 4.69) is 209 Å². The number of benzene rings is 9. The first-order valence-electron chi connectivity index (χ1n) is 20.9. The van der Waals surface area contributed by atoms with Crippen LogP contribution in [0, 0.1) is 0 Å². The van der Waals surface area contributed by atoms with Gasteiger partial charge in [0.2, 0.25) is 5.95 Å². The summed E-state index contributed by atoms with van der Waals surface area (Å²) >= 11 is 0. The number of para-hydroxylation sites is 2. The van der Waals surface area contributed by atoms with Crippen LogP contribution in [0.25, 0.3) is 111 Å². The van der Waals surface area contributed by atoms with Crippen LogP contribution in [-0.4, -0.2) is 24.1 Å². The quantitative estimate of drug-likeness (QED) is 0.162. The van der Waals surface area contributed by atoms with Gasteiger partial charge >= 0.3 is 0 Å². The second-order valence-electron chi connectivity index (χ2n) is 15.7. The molecule has 0 unspecified atom stereocenters. The van der Waals surface area contributed by atoms with Crippen molar-refractivity contribution in [2.24, 2.45) is 0 Å². The van der Waals surface area contributed by atoms with Crippen LogP contribution >= 0.6 is 0 Å². The summed E-state index contributed by atoms with van der Waals surface area (Å²) in [6, 6.07) is 79.2. The van der Waals surface area contributed by atoms with E-state index in [-0.39, 0.29) is 0 Å². The maximum Gasteiger partial charge on any atom is 0.238 e. The summed E-state index contributed by atoms with van der Waals surface area (Å²) in [5.74, 6) is 1.77. The van der Waals surface area contributed by atoms with Gasteiger partial charge in [0.05, 0.1) is 22.1 Å². The Hall–Kier alpha value is -8.41. The molecule has 5 nitrogen and oxygen atoms in total. The summed E-state index contributed by atoms with van der Waals surface area (Å²) in [7, 11) is 0.